The quantitative estimate of drug-likeness (QED) is 0.223. The fourth-order valence-corrected chi connectivity index (χ4v) is 2.53. The van der Waals surface area contributed by atoms with E-state index < -0.39 is 18.0 Å². The predicted molar refractivity (Wildman–Crippen MR) is 111 cm³/mol. The van der Waals surface area contributed by atoms with Gasteiger partial charge in [0, 0.05) is 11.1 Å². The third-order valence-electron chi connectivity index (χ3n) is 3.48. The number of aliphatic carboxylic acids is 1. The second kappa shape index (κ2) is 13.0. The summed E-state index contributed by atoms with van der Waals surface area (Å²) < 4.78 is 10.8. The number of benzene rings is 1. The molecule has 0 aliphatic carbocycles. The zero-order valence-electron chi connectivity index (χ0n) is 15.9. The molecule has 0 heterocycles. The van der Waals surface area contributed by atoms with Crippen molar-refractivity contribution in [3.63, 3.8) is 0 Å². The standard InChI is InChI=1S/C20H22Cl2O5.H3N/c1-13(2)17(9-7-14(3)5-4-6-19(23)24)27-20(25)12-26-18-10-8-15(21)11-16(18)22;/h4-6,8,10-11,17H,1,7,9,12H2,2-3H3,(H,23,24);1H3/b6-4+,14-5+;. The van der Waals surface area contributed by atoms with Gasteiger partial charge in [-0.2, -0.15) is 0 Å². The van der Waals surface area contributed by atoms with Gasteiger partial charge in [-0.3, -0.25) is 0 Å². The van der Waals surface area contributed by atoms with Crippen LogP contribution >= 0.6 is 23.2 Å². The fraction of sp³-hybridized carbons (Fsp3) is 0.300. The molecular weight excluding hydrogens is 405 g/mol. The van der Waals surface area contributed by atoms with Crippen molar-refractivity contribution >= 4 is 35.1 Å². The fourth-order valence-electron chi connectivity index (χ4n) is 2.06. The molecule has 0 amide bonds. The van der Waals surface area contributed by atoms with Crippen LogP contribution < -0.4 is 10.9 Å². The number of carboxylic acid groups (broad SMARTS) is 1. The summed E-state index contributed by atoms with van der Waals surface area (Å²) >= 11 is 11.8. The Morgan fingerprint density at radius 1 is 1.29 bits per heavy atom. The van der Waals surface area contributed by atoms with Crippen molar-refractivity contribution < 1.29 is 24.2 Å². The first kappa shape index (κ1) is 25.7. The third-order valence-corrected chi connectivity index (χ3v) is 4.01. The Morgan fingerprint density at radius 2 is 1.96 bits per heavy atom. The molecule has 0 bridgehead atoms. The van der Waals surface area contributed by atoms with Crippen LogP contribution in [0.3, 0.4) is 0 Å². The highest BCUT2D eigenvalue weighted by molar-refractivity contribution is 6.35. The van der Waals surface area contributed by atoms with E-state index in [1.165, 1.54) is 12.1 Å². The second-order valence-corrected chi connectivity index (χ2v) is 6.78. The topological polar surface area (TPSA) is 108 Å². The number of halogens is 2. The van der Waals surface area contributed by atoms with E-state index in [4.69, 9.17) is 37.8 Å². The Bertz CT molecular complexity index is 759. The molecular formula is C20H25Cl2NO5. The maximum atomic E-state index is 12.1. The Morgan fingerprint density at radius 3 is 2.54 bits per heavy atom. The molecule has 0 fully saturated rings. The van der Waals surface area contributed by atoms with Crippen molar-refractivity contribution in [2.75, 3.05) is 6.61 Å². The first-order valence-electron chi connectivity index (χ1n) is 8.18. The lowest BCUT2D eigenvalue weighted by Gasteiger charge is -2.18. The Balaban J connectivity index is 0.00000729. The molecule has 0 saturated carbocycles. The number of carbonyl (C=O) groups is 2. The number of carboxylic acids is 1. The van der Waals surface area contributed by atoms with Gasteiger partial charge in [-0.25, -0.2) is 9.59 Å². The van der Waals surface area contributed by atoms with E-state index >= 15 is 0 Å². The van der Waals surface area contributed by atoms with Crippen molar-refractivity contribution in [1.29, 1.82) is 0 Å². The molecule has 1 aromatic carbocycles. The number of carbonyl (C=O) groups excluding carboxylic acids is 1. The summed E-state index contributed by atoms with van der Waals surface area (Å²) in [5, 5.41) is 9.35. The highest BCUT2D eigenvalue weighted by atomic mass is 35.5. The van der Waals surface area contributed by atoms with Gasteiger partial charge in [0.1, 0.15) is 11.9 Å². The van der Waals surface area contributed by atoms with Gasteiger partial charge in [0.15, 0.2) is 6.61 Å². The molecule has 0 aliphatic heterocycles. The van der Waals surface area contributed by atoms with E-state index in [0.717, 1.165) is 11.6 Å². The zero-order chi connectivity index (χ0) is 20.4. The Kier molecular flexibility index (Phi) is 11.9. The van der Waals surface area contributed by atoms with Crippen LogP contribution in [0.15, 0.2) is 54.2 Å². The molecule has 0 radical (unpaired) electrons. The molecule has 0 saturated heterocycles. The minimum Gasteiger partial charge on any atom is -0.480 e. The number of rotatable bonds is 10. The lowest BCUT2D eigenvalue weighted by molar-refractivity contribution is -0.150. The Hall–Kier alpha value is -2.28. The summed E-state index contributed by atoms with van der Waals surface area (Å²) in [6, 6.07) is 4.71. The summed E-state index contributed by atoms with van der Waals surface area (Å²) in [5.74, 6) is -1.20. The molecule has 4 N–H and O–H groups in total. The zero-order valence-corrected chi connectivity index (χ0v) is 17.4. The molecule has 0 aliphatic rings. The molecule has 28 heavy (non-hydrogen) atoms. The third kappa shape index (κ3) is 10.2. The maximum absolute atomic E-state index is 12.1. The molecule has 8 heteroatoms. The molecule has 1 rings (SSSR count). The number of esters is 1. The van der Waals surface area contributed by atoms with Gasteiger partial charge in [-0.05, 0) is 50.5 Å². The van der Waals surface area contributed by atoms with Gasteiger partial charge < -0.3 is 20.7 Å². The van der Waals surface area contributed by atoms with Crippen LogP contribution in [0.2, 0.25) is 10.0 Å². The highest BCUT2D eigenvalue weighted by Crippen LogP contribution is 2.27. The largest absolute Gasteiger partial charge is 0.480 e. The van der Waals surface area contributed by atoms with Crippen LogP contribution in [0.5, 0.6) is 5.75 Å². The molecule has 1 unspecified atom stereocenters. The molecule has 154 valence electrons. The number of allylic oxidation sites excluding steroid dienone is 3. The summed E-state index contributed by atoms with van der Waals surface area (Å²) in [7, 11) is 0. The first-order valence-corrected chi connectivity index (χ1v) is 8.94. The number of hydrogen-bond donors (Lipinski definition) is 2. The summed E-state index contributed by atoms with van der Waals surface area (Å²) in [4.78, 5) is 22.5. The van der Waals surface area contributed by atoms with Crippen LogP contribution in [-0.2, 0) is 14.3 Å². The van der Waals surface area contributed by atoms with E-state index in [1.807, 2.05) is 6.92 Å². The van der Waals surface area contributed by atoms with E-state index in [9.17, 15) is 9.59 Å². The monoisotopic (exact) mass is 429 g/mol. The van der Waals surface area contributed by atoms with Gasteiger partial charge in [-0.1, -0.05) is 47.5 Å². The van der Waals surface area contributed by atoms with E-state index in [0.29, 0.717) is 34.2 Å². The van der Waals surface area contributed by atoms with E-state index in [-0.39, 0.29) is 12.8 Å². The van der Waals surface area contributed by atoms with Crippen LogP contribution in [0.25, 0.3) is 0 Å². The van der Waals surface area contributed by atoms with Crippen molar-refractivity contribution in [2.24, 2.45) is 0 Å². The van der Waals surface area contributed by atoms with Crippen LogP contribution in [-0.4, -0.2) is 29.8 Å². The Labute approximate surface area is 175 Å². The van der Waals surface area contributed by atoms with Gasteiger partial charge in [0.25, 0.3) is 0 Å². The van der Waals surface area contributed by atoms with Crippen LogP contribution in [0.1, 0.15) is 26.7 Å². The summed E-state index contributed by atoms with van der Waals surface area (Å²) in [5.41, 5.74) is 1.67. The normalized spacial score (nSPS) is 12.2. The van der Waals surface area contributed by atoms with Crippen molar-refractivity contribution in [3.05, 3.63) is 64.2 Å². The van der Waals surface area contributed by atoms with Crippen molar-refractivity contribution in [2.45, 2.75) is 32.8 Å². The van der Waals surface area contributed by atoms with Crippen molar-refractivity contribution in [1.82, 2.24) is 6.15 Å². The highest BCUT2D eigenvalue weighted by Gasteiger charge is 2.16. The molecule has 1 aromatic rings. The van der Waals surface area contributed by atoms with Crippen LogP contribution in [0, 0.1) is 0 Å². The minimum absolute atomic E-state index is 0. The SMILES string of the molecule is C=C(C)C(CC/C(C)=C/C=C/C(=O)O)OC(=O)COc1ccc(Cl)cc1Cl.N. The lowest BCUT2D eigenvalue weighted by Crippen LogP contribution is -2.23. The summed E-state index contributed by atoms with van der Waals surface area (Å²) in [6.07, 6.45) is 4.91. The van der Waals surface area contributed by atoms with Gasteiger partial charge >= 0.3 is 11.9 Å². The number of hydrogen-bond acceptors (Lipinski definition) is 5. The van der Waals surface area contributed by atoms with Gasteiger partial charge in [0.2, 0.25) is 0 Å². The van der Waals surface area contributed by atoms with Crippen molar-refractivity contribution in [3.8, 4) is 5.75 Å². The number of ether oxygens (including phenoxy) is 2. The smallest absolute Gasteiger partial charge is 0.344 e. The second-order valence-electron chi connectivity index (χ2n) is 5.94. The van der Waals surface area contributed by atoms with Crippen LogP contribution in [0.4, 0.5) is 0 Å². The molecule has 0 aromatic heterocycles. The first-order chi connectivity index (χ1) is 12.7. The van der Waals surface area contributed by atoms with E-state index in [2.05, 4.69) is 6.58 Å². The minimum atomic E-state index is -1.01. The molecule has 0 spiro atoms. The molecule has 6 nitrogen and oxygen atoms in total. The predicted octanol–water partition coefficient (Wildman–Crippen LogP) is 5.39. The average Bonchev–Trinajstić information content (AvgIpc) is 2.57. The average molecular weight is 430 g/mol. The summed E-state index contributed by atoms with van der Waals surface area (Å²) in [6.45, 7) is 7.20. The molecule has 1 atom stereocenters. The van der Waals surface area contributed by atoms with Gasteiger partial charge in [-0.15, -0.1) is 0 Å². The van der Waals surface area contributed by atoms with E-state index in [1.54, 1.807) is 25.1 Å². The van der Waals surface area contributed by atoms with Gasteiger partial charge in [0.05, 0.1) is 5.02 Å². The lowest BCUT2D eigenvalue weighted by atomic mass is 10.0. The maximum Gasteiger partial charge on any atom is 0.344 e.